The van der Waals surface area contributed by atoms with Crippen LogP contribution in [0.5, 0.6) is 0 Å². The maximum absolute atomic E-state index is 5.39. The Morgan fingerprint density at radius 1 is 1.09 bits per heavy atom. The first-order valence-electron chi connectivity index (χ1n) is 7.60. The van der Waals surface area contributed by atoms with Crippen LogP contribution in [0.15, 0.2) is 52.2 Å². The molecule has 0 spiro atoms. The maximum Gasteiger partial charge on any atom is 0.200 e. The largest absolute Gasteiger partial charge is 0.461 e. The molecule has 2 heterocycles. The molecule has 0 bridgehead atoms. The Kier molecular flexibility index (Phi) is 4.31. The lowest BCUT2D eigenvalue weighted by Gasteiger charge is -2.19. The van der Waals surface area contributed by atoms with E-state index in [2.05, 4.69) is 55.2 Å². The molecule has 23 heavy (non-hydrogen) atoms. The van der Waals surface area contributed by atoms with E-state index >= 15 is 0 Å². The van der Waals surface area contributed by atoms with Crippen LogP contribution in [-0.2, 0) is 18.2 Å². The molecule has 3 aromatic rings. The maximum atomic E-state index is 5.39. The van der Waals surface area contributed by atoms with Crippen LogP contribution in [0.4, 0.5) is 0 Å². The molecule has 2 aromatic heterocycles. The Hall–Kier alpha value is -2.01. The van der Waals surface area contributed by atoms with Crippen molar-refractivity contribution in [1.82, 2.24) is 14.8 Å². The highest BCUT2D eigenvalue weighted by Gasteiger charge is 2.14. The van der Waals surface area contributed by atoms with Gasteiger partial charge < -0.3 is 8.98 Å². The first-order valence-corrected chi connectivity index (χ1v) is 8.59. The van der Waals surface area contributed by atoms with E-state index < -0.39 is 0 Å². The molecule has 3 rings (SSSR count). The fraction of sp³-hybridized carbons (Fsp3) is 0.333. The monoisotopic (exact) mass is 327 g/mol. The molecule has 0 fully saturated rings. The van der Waals surface area contributed by atoms with Crippen molar-refractivity contribution in [3.8, 4) is 11.6 Å². The van der Waals surface area contributed by atoms with E-state index in [1.165, 1.54) is 11.1 Å². The van der Waals surface area contributed by atoms with Gasteiger partial charge in [-0.2, -0.15) is 0 Å². The van der Waals surface area contributed by atoms with Crippen molar-refractivity contribution in [2.45, 2.75) is 37.1 Å². The Balaban J connectivity index is 1.69. The van der Waals surface area contributed by atoms with Crippen LogP contribution in [0.25, 0.3) is 11.6 Å². The first-order chi connectivity index (χ1) is 10.9. The minimum Gasteiger partial charge on any atom is -0.461 e. The van der Waals surface area contributed by atoms with Gasteiger partial charge in [0.2, 0.25) is 0 Å². The van der Waals surface area contributed by atoms with Gasteiger partial charge in [-0.3, -0.25) is 0 Å². The third kappa shape index (κ3) is 3.50. The lowest BCUT2D eigenvalue weighted by molar-refractivity contribution is 0.572. The number of rotatable bonds is 4. The molecule has 1 aromatic carbocycles. The zero-order valence-electron chi connectivity index (χ0n) is 13.9. The quantitative estimate of drug-likeness (QED) is 0.653. The lowest BCUT2D eigenvalue weighted by Crippen LogP contribution is -2.10. The second-order valence-corrected chi connectivity index (χ2v) is 7.52. The number of hydrogen-bond donors (Lipinski definition) is 0. The van der Waals surface area contributed by atoms with Crippen LogP contribution in [0.3, 0.4) is 0 Å². The van der Waals surface area contributed by atoms with Gasteiger partial charge in [0.1, 0.15) is 0 Å². The van der Waals surface area contributed by atoms with E-state index in [4.69, 9.17) is 4.42 Å². The number of hydrogen-bond acceptors (Lipinski definition) is 4. The van der Waals surface area contributed by atoms with E-state index in [0.29, 0.717) is 0 Å². The SMILES string of the molecule is Cn1c(SCc2ccc(C(C)(C)C)cc2)nnc1-c1ccco1. The molecule has 0 N–H and O–H groups in total. The van der Waals surface area contributed by atoms with Crippen molar-refractivity contribution in [2.75, 3.05) is 0 Å². The fourth-order valence-corrected chi connectivity index (χ4v) is 3.18. The van der Waals surface area contributed by atoms with Crippen LogP contribution < -0.4 is 0 Å². The van der Waals surface area contributed by atoms with Gasteiger partial charge in [-0.05, 0) is 28.7 Å². The van der Waals surface area contributed by atoms with Gasteiger partial charge in [0.15, 0.2) is 16.7 Å². The Labute approximate surface area is 140 Å². The van der Waals surface area contributed by atoms with Gasteiger partial charge in [0.05, 0.1) is 6.26 Å². The third-order valence-corrected chi connectivity index (χ3v) is 4.86. The molecule has 0 atom stereocenters. The van der Waals surface area contributed by atoms with Gasteiger partial charge in [-0.1, -0.05) is 56.8 Å². The van der Waals surface area contributed by atoms with Crippen molar-refractivity contribution in [3.63, 3.8) is 0 Å². The molecule has 0 saturated carbocycles. The summed E-state index contributed by atoms with van der Waals surface area (Å²) in [5.41, 5.74) is 2.82. The summed E-state index contributed by atoms with van der Waals surface area (Å²) in [6, 6.07) is 12.5. The van der Waals surface area contributed by atoms with E-state index in [1.54, 1.807) is 18.0 Å². The molecule has 0 radical (unpaired) electrons. The predicted molar refractivity (Wildman–Crippen MR) is 93.4 cm³/mol. The van der Waals surface area contributed by atoms with Crippen molar-refractivity contribution < 1.29 is 4.42 Å². The second-order valence-electron chi connectivity index (χ2n) is 6.58. The minimum atomic E-state index is 0.188. The summed E-state index contributed by atoms with van der Waals surface area (Å²) in [4.78, 5) is 0. The second kappa shape index (κ2) is 6.24. The van der Waals surface area contributed by atoms with Crippen LogP contribution >= 0.6 is 11.8 Å². The molecular weight excluding hydrogens is 306 g/mol. The standard InChI is InChI=1S/C18H21N3OS/c1-18(2,3)14-9-7-13(8-10-14)12-23-17-20-19-16(21(17)4)15-6-5-11-22-15/h5-11H,12H2,1-4H3. The van der Waals surface area contributed by atoms with E-state index in [-0.39, 0.29) is 5.41 Å². The summed E-state index contributed by atoms with van der Waals surface area (Å²) in [5.74, 6) is 2.36. The summed E-state index contributed by atoms with van der Waals surface area (Å²) in [7, 11) is 1.96. The van der Waals surface area contributed by atoms with E-state index in [9.17, 15) is 0 Å². The normalized spacial score (nSPS) is 11.8. The highest BCUT2D eigenvalue weighted by molar-refractivity contribution is 7.98. The number of thioether (sulfide) groups is 1. The van der Waals surface area contributed by atoms with Crippen LogP contribution in [0, 0.1) is 0 Å². The average molecular weight is 327 g/mol. The predicted octanol–water partition coefficient (Wildman–Crippen LogP) is 4.66. The molecule has 0 saturated heterocycles. The van der Waals surface area contributed by atoms with Crippen molar-refractivity contribution in [2.24, 2.45) is 7.05 Å². The topological polar surface area (TPSA) is 43.9 Å². The molecule has 5 heteroatoms. The van der Waals surface area contributed by atoms with Crippen molar-refractivity contribution in [3.05, 3.63) is 53.8 Å². The van der Waals surface area contributed by atoms with Gasteiger partial charge in [-0.25, -0.2) is 0 Å². The Morgan fingerprint density at radius 3 is 2.43 bits per heavy atom. The molecule has 0 aliphatic rings. The molecule has 120 valence electrons. The lowest BCUT2D eigenvalue weighted by atomic mass is 9.87. The van der Waals surface area contributed by atoms with Crippen LogP contribution in [0.1, 0.15) is 31.9 Å². The molecule has 0 aliphatic heterocycles. The van der Waals surface area contributed by atoms with E-state index in [1.807, 2.05) is 23.7 Å². The molecule has 4 nitrogen and oxygen atoms in total. The van der Waals surface area contributed by atoms with Gasteiger partial charge in [0.25, 0.3) is 0 Å². The summed E-state index contributed by atoms with van der Waals surface area (Å²) < 4.78 is 7.35. The molecular formula is C18H21N3OS. The van der Waals surface area contributed by atoms with Crippen molar-refractivity contribution >= 4 is 11.8 Å². The third-order valence-electron chi connectivity index (χ3n) is 3.76. The summed E-state index contributed by atoms with van der Waals surface area (Å²) in [6.07, 6.45) is 1.65. The first kappa shape index (κ1) is 15.9. The molecule has 0 aliphatic carbocycles. The van der Waals surface area contributed by atoms with E-state index in [0.717, 1.165) is 22.5 Å². The summed E-state index contributed by atoms with van der Waals surface area (Å²) in [6.45, 7) is 6.69. The molecule has 0 unspecified atom stereocenters. The summed E-state index contributed by atoms with van der Waals surface area (Å²) in [5, 5.41) is 9.36. The highest BCUT2D eigenvalue weighted by Crippen LogP contribution is 2.27. The Bertz CT molecular complexity index is 768. The van der Waals surface area contributed by atoms with Crippen molar-refractivity contribution in [1.29, 1.82) is 0 Å². The van der Waals surface area contributed by atoms with Crippen LogP contribution in [0.2, 0.25) is 0 Å². The molecule has 0 amide bonds. The Morgan fingerprint density at radius 2 is 1.83 bits per heavy atom. The highest BCUT2D eigenvalue weighted by atomic mass is 32.2. The number of nitrogens with zero attached hydrogens (tertiary/aromatic N) is 3. The average Bonchev–Trinajstić information content (AvgIpc) is 3.14. The van der Waals surface area contributed by atoms with Crippen LogP contribution in [-0.4, -0.2) is 14.8 Å². The summed E-state index contributed by atoms with van der Waals surface area (Å²) >= 11 is 1.68. The number of furan rings is 1. The van der Waals surface area contributed by atoms with Gasteiger partial charge in [-0.15, -0.1) is 10.2 Å². The van der Waals surface area contributed by atoms with Gasteiger partial charge in [0, 0.05) is 12.8 Å². The zero-order valence-corrected chi connectivity index (χ0v) is 14.7. The fourth-order valence-electron chi connectivity index (χ4n) is 2.31. The minimum absolute atomic E-state index is 0.188. The number of aromatic nitrogens is 3. The van der Waals surface area contributed by atoms with Gasteiger partial charge >= 0.3 is 0 Å². The number of benzene rings is 1. The zero-order chi connectivity index (χ0) is 16.4. The smallest absolute Gasteiger partial charge is 0.200 e.